The van der Waals surface area contributed by atoms with Crippen molar-refractivity contribution in [2.45, 2.75) is 25.0 Å². The predicted octanol–water partition coefficient (Wildman–Crippen LogP) is 2.99. The average molecular weight is 320 g/mol. The zero-order valence-electron chi connectivity index (χ0n) is 12.7. The molecule has 0 atom stereocenters. The first-order valence-corrected chi connectivity index (χ1v) is 8.00. The van der Waals surface area contributed by atoms with Gasteiger partial charge in [0.15, 0.2) is 0 Å². The van der Waals surface area contributed by atoms with Crippen molar-refractivity contribution in [3.63, 3.8) is 0 Å². The lowest BCUT2D eigenvalue weighted by Crippen LogP contribution is -2.28. The molecule has 0 aliphatic heterocycles. The lowest BCUT2D eigenvalue weighted by molar-refractivity contribution is 0.181. The van der Waals surface area contributed by atoms with Gasteiger partial charge in [0.05, 0.1) is 30.2 Å². The molecule has 0 radical (unpaired) electrons. The first-order chi connectivity index (χ1) is 10.7. The number of ether oxygens (including phenoxy) is 1. The number of anilines is 1. The fourth-order valence-corrected chi connectivity index (χ4v) is 2.68. The van der Waals surface area contributed by atoms with Crippen molar-refractivity contribution in [3.05, 3.63) is 41.7 Å². The van der Waals surface area contributed by atoms with E-state index in [1.54, 1.807) is 18.9 Å². The number of H-pyrrole nitrogens is 1. The van der Waals surface area contributed by atoms with Gasteiger partial charge in [-0.3, -0.25) is 5.10 Å². The van der Waals surface area contributed by atoms with Crippen LogP contribution in [0.25, 0.3) is 0 Å². The van der Waals surface area contributed by atoms with Crippen LogP contribution in [0.5, 0.6) is 0 Å². The molecule has 1 aromatic carbocycles. The number of hydrogen-bond acceptors (Lipinski definition) is 4. The fourth-order valence-electron chi connectivity index (χ4n) is 1.91. The largest absolute Gasteiger partial charge is 0.378 e. The zero-order chi connectivity index (χ0) is 15.8. The molecule has 0 aliphatic carbocycles. The van der Waals surface area contributed by atoms with Crippen LogP contribution < -0.4 is 10.6 Å². The van der Waals surface area contributed by atoms with Gasteiger partial charge in [0, 0.05) is 12.0 Å². The highest BCUT2D eigenvalue weighted by atomic mass is 32.2. The lowest BCUT2D eigenvalue weighted by Gasteiger charge is -2.10. The number of rotatable bonds is 7. The van der Waals surface area contributed by atoms with Crippen LogP contribution in [0.4, 0.5) is 10.5 Å². The molecule has 2 rings (SSSR count). The Morgan fingerprint density at radius 1 is 1.41 bits per heavy atom. The van der Waals surface area contributed by atoms with E-state index in [1.165, 1.54) is 0 Å². The number of urea groups is 1. The second-order valence-electron chi connectivity index (χ2n) is 4.55. The van der Waals surface area contributed by atoms with E-state index in [-0.39, 0.29) is 6.03 Å². The van der Waals surface area contributed by atoms with Crippen LogP contribution in [0, 0.1) is 0 Å². The van der Waals surface area contributed by atoms with Gasteiger partial charge in [0.1, 0.15) is 0 Å². The Balaban J connectivity index is 1.87. The molecule has 2 amide bonds. The Morgan fingerprint density at radius 3 is 3.00 bits per heavy atom. The van der Waals surface area contributed by atoms with Gasteiger partial charge < -0.3 is 15.4 Å². The summed E-state index contributed by atoms with van der Waals surface area (Å²) in [6, 6.07) is 9.38. The Kier molecular flexibility index (Phi) is 6.29. The number of para-hydroxylation sites is 1. The van der Waals surface area contributed by atoms with Crippen LogP contribution >= 0.6 is 11.8 Å². The number of aromatic nitrogens is 2. The van der Waals surface area contributed by atoms with E-state index in [4.69, 9.17) is 4.74 Å². The maximum Gasteiger partial charge on any atom is 0.319 e. The second-order valence-corrected chi connectivity index (χ2v) is 5.86. The number of amides is 2. The third kappa shape index (κ3) is 4.78. The van der Waals surface area contributed by atoms with Crippen LogP contribution in [0.15, 0.2) is 35.2 Å². The van der Waals surface area contributed by atoms with Crippen molar-refractivity contribution >= 4 is 23.5 Å². The minimum Gasteiger partial charge on any atom is -0.378 e. The van der Waals surface area contributed by atoms with E-state index in [2.05, 4.69) is 27.8 Å². The van der Waals surface area contributed by atoms with E-state index in [0.717, 1.165) is 27.7 Å². The van der Waals surface area contributed by atoms with Crippen molar-refractivity contribution in [2.24, 2.45) is 0 Å². The number of benzene rings is 1. The molecular weight excluding hydrogens is 300 g/mol. The monoisotopic (exact) mass is 320 g/mol. The Hall–Kier alpha value is -1.99. The Morgan fingerprint density at radius 2 is 2.23 bits per heavy atom. The minimum absolute atomic E-state index is 0.243. The summed E-state index contributed by atoms with van der Waals surface area (Å²) in [5.74, 6) is 0.955. The highest BCUT2D eigenvalue weighted by molar-refractivity contribution is 7.99. The van der Waals surface area contributed by atoms with Gasteiger partial charge >= 0.3 is 6.03 Å². The summed E-state index contributed by atoms with van der Waals surface area (Å²) in [4.78, 5) is 13.0. The number of carbonyl (C=O) groups excluding carboxylic acids is 1. The molecule has 0 aliphatic rings. The molecule has 118 valence electrons. The number of aromatic amines is 1. The predicted molar refractivity (Wildman–Crippen MR) is 88.0 cm³/mol. The summed E-state index contributed by atoms with van der Waals surface area (Å²) in [6.45, 7) is 2.91. The number of hydrogen-bond donors (Lipinski definition) is 3. The number of thioether (sulfide) groups is 1. The van der Waals surface area contributed by atoms with E-state index < -0.39 is 0 Å². The summed E-state index contributed by atoms with van der Waals surface area (Å²) in [5, 5.41) is 12.6. The summed E-state index contributed by atoms with van der Waals surface area (Å²) in [6.07, 6.45) is 0. The molecule has 3 N–H and O–H groups in total. The molecule has 0 spiro atoms. The summed E-state index contributed by atoms with van der Waals surface area (Å²) in [7, 11) is 1.62. The van der Waals surface area contributed by atoms with Gasteiger partial charge in [0.2, 0.25) is 0 Å². The fraction of sp³-hybridized carbons (Fsp3) is 0.333. The number of nitrogens with one attached hydrogen (secondary N) is 3. The molecule has 7 heteroatoms. The van der Waals surface area contributed by atoms with E-state index in [0.29, 0.717) is 13.2 Å². The topological polar surface area (TPSA) is 79.0 Å². The highest BCUT2D eigenvalue weighted by Gasteiger charge is 2.07. The first-order valence-electron chi connectivity index (χ1n) is 7.01. The van der Waals surface area contributed by atoms with E-state index in [1.807, 2.05) is 30.3 Å². The van der Waals surface area contributed by atoms with Crippen LogP contribution in [0.2, 0.25) is 0 Å². The number of carbonyl (C=O) groups is 1. The molecule has 22 heavy (non-hydrogen) atoms. The quantitative estimate of drug-likeness (QED) is 0.685. The van der Waals surface area contributed by atoms with Crippen molar-refractivity contribution in [1.82, 2.24) is 15.5 Å². The Bertz CT molecular complexity index is 615. The van der Waals surface area contributed by atoms with Crippen molar-refractivity contribution < 1.29 is 9.53 Å². The normalized spacial score (nSPS) is 10.5. The maximum atomic E-state index is 12.0. The van der Waals surface area contributed by atoms with Crippen LogP contribution in [0.3, 0.4) is 0 Å². The first kappa shape index (κ1) is 16.4. The van der Waals surface area contributed by atoms with Crippen LogP contribution in [-0.4, -0.2) is 29.1 Å². The molecule has 1 aromatic heterocycles. The average Bonchev–Trinajstić information content (AvgIpc) is 2.96. The van der Waals surface area contributed by atoms with Gasteiger partial charge in [-0.15, -0.1) is 11.8 Å². The third-order valence-electron chi connectivity index (χ3n) is 2.85. The highest BCUT2D eigenvalue weighted by Crippen LogP contribution is 2.26. The number of nitrogens with zero attached hydrogens (tertiary/aromatic N) is 1. The van der Waals surface area contributed by atoms with Crippen molar-refractivity contribution in [3.8, 4) is 0 Å². The smallest absolute Gasteiger partial charge is 0.319 e. The van der Waals surface area contributed by atoms with Crippen molar-refractivity contribution in [2.75, 3.05) is 18.2 Å². The molecule has 1 heterocycles. The molecule has 0 unspecified atom stereocenters. The summed E-state index contributed by atoms with van der Waals surface area (Å²) >= 11 is 1.69. The maximum absolute atomic E-state index is 12.0. The Labute approximate surface area is 134 Å². The molecule has 6 nitrogen and oxygen atoms in total. The van der Waals surface area contributed by atoms with E-state index in [9.17, 15) is 4.79 Å². The summed E-state index contributed by atoms with van der Waals surface area (Å²) in [5.41, 5.74) is 2.46. The number of methoxy groups -OCH3 is 1. The van der Waals surface area contributed by atoms with Gasteiger partial charge in [-0.1, -0.05) is 19.1 Å². The molecular formula is C15H20N4O2S. The zero-order valence-corrected chi connectivity index (χ0v) is 13.5. The van der Waals surface area contributed by atoms with Gasteiger partial charge in [-0.25, -0.2) is 4.79 Å². The molecule has 0 fully saturated rings. The second kappa shape index (κ2) is 8.45. The van der Waals surface area contributed by atoms with Crippen LogP contribution in [0.1, 0.15) is 18.3 Å². The standard InChI is InChI=1S/C15H20N4O2S/c1-3-22-14-7-5-4-6-13(14)17-15(20)16-9-11-8-12(10-21-2)19-18-11/h4-8H,3,9-10H2,1-2H3,(H,18,19)(H2,16,17,20). The lowest BCUT2D eigenvalue weighted by atomic mass is 10.3. The SMILES string of the molecule is CCSc1ccccc1NC(=O)NCc1cc(COC)n[nH]1. The third-order valence-corrected chi connectivity index (χ3v) is 3.81. The minimum atomic E-state index is -0.243. The van der Waals surface area contributed by atoms with Gasteiger partial charge in [0.25, 0.3) is 0 Å². The molecule has 2 aromatic rings. The van der Waals surface area contributed by atoms with Gasteiger partial charge in [-0.05, 0) is 24.0 Å². The van der Waals surface area contributed by atoms with Crippen molar-refractivity contribution in [1.29, 1.82) is 0 Å². The van der Waals surface area contributed by atoms with E-state index >= 15 is 0 Å². The summed E-state index contributed by atoms with van der Waals surface area (Å²) < 4.78 is 5.00. The molecule has 0 bridgehead atoms. The van der Waals surface area contributed by atoms with Gasteiger partial charge in [-0.2, -0.15) is 5.10 Å². The molecule has 0 saturated heterocycles. The molecule has 0 saturated carbocycles. The van der Waals surface area contributed by atoms with Crippen LogP contribution in [-0.2, 0) is 17.9 Å².